The smallest absolute Gasteiger partial charge is 0.259 e. The van der Waals surface area contributed by atoms with Gasteiger partial charge in [-0.25, -0.2) is 9.06 Å². The molecule has 0 spiro atoms. The molecule has 1 fully saturated rings. The van der Waals surface area contributed by atoms with Crippen molar-refractivity contribution >= 4 is 16.4 Å². The molecule has 1 aliphatic rings. The maximum atomic E-state index is 14.3. The monoisotopic (exact) mass is 365 g/mol. The van der Waals surface area contributed by atoms with Crippen LogP contribution in [0.4, 0.5) is 4.39 Å². The summed E-state index contributed by atoms with van der Waals surface area (Å²) in [5, 5.41) is 12.2. The fraction of sp³-hybridized carbons (Fsp3) is 0.933. The average molecular weight is 365 g/mol. The SMILES string of the molecule is [2H]C[C@H]1O[C@@H]([B])C(F)[C@H]1OP(OCCC#N)N(C(C)C)C(C)C.[3H]OC. The molecule has 5 atom stereocenters. The van der Waals surface area contributed by atoms with Crippen molar-refractivity contribution in [2.24, 2.45) is 0 Å². The molecule has 0 saturated carbocycles. The number of alkyl halides is 1. The molecule has 2 radical (unpaired) electrons. The minimum absolute atomic E-state index is 0.117. The maximum absolute atomic E-state index is 14.3. The second-order valence-corrected chi connectivity index (χ2v) is 7.11. The van der Waals surface area contributed by atoms with E-state index in [-0.39, 0.29) is 32.0 Å². The van der Waals surface area contributed by atoms with Gasteiger partial charge in [-0.05, 0) is 34.6 Å². The average Bonchev–Trinajstić information content (AvgIpc) is 2.82. The molecule has 1 heterocycles. The molecular weight excluding hydrogens is 333 g/mol. The predicted octanol–water partition coefficient (Wildman–Crippen LogP) is 2.51. The summed E-state index contributed by atoms with van der Waals surface area (Å²) in [6.45, 7) is 8.07. The van der Waals surface area contributed by atoms with Gasteiger partial charge in [-0.1, -0.05) is 0 Å². The van der Waals surface area contributed by atoms with Crippen LogP contribution in [0.15, 0.2) is 0 Å². The van der Waals surface area contributed by atoms with Gasteiger partial charge in [0.2, 0.25) is 1.43 Å². The van der Waals surface area contributed by atoms with E-state index in [4.69, 9.17) is 29.7 Å². The van der Waals surface area contributed by atoms with Crippen LogP contribution in [0.25, 0.3) is 0 Å². The lowest BCUT2D eigenvalue weighted by Gasteiger charge is -2.37. The topological polar surface area (TPSA) is 75.0 Å². The number of halogens is 1. The molecule has 24 heavy (non-hydrogen) atoms. The minimum atomic E-state index is -1.58. The highest BCUT2D eigenvalue weighted by Crippen LogP contribution is 2.49. The van der Waals surface area contributed by atoms with Gasteiger partial charge >= 0.3 is 0 Å². The van der Waals surface area contributed by atoms with Crippen LogP contribution in [0.3, 0.4) is 0 Å². The third kappa shape index (κ3) is 6.91. The summed E-state index contributed by atoms with van der Waals surface area (Å²) in [7, 11) is 5.29. The highest BCUT2D eigenvalue weighted by atomic mass is 31.2. The van der Waals surface area contributed by atoms with E-state index >= 15 is 0 Å². The number of hydrogen-bond donors (Lipinski definition) is 1. The van der Waals surface area contributed by atoms with Crippen LogP contribution in [0.2, 0.25) is 0 Å². The van der Waals surface area contributed by atoms with Crippen LogP contribution in [0, 0.1) is 11.3 Å². The van der Waals surface area contributed by atoms with Gasteiger partial charge in [0, 0.05) is 20.6 Å². The van der Waals surface area contributed by atoms with Gasteiger partial charge in [0.25, 0.3) is 8.53 Å². The molecule has 0 aromatic rings. The first-order chi connectivity index (χ1) is 12.2. The molecule has 1 saturated heterocycles. The van der Waals surface area contributed by atoms with Crippen molar-refractivity contribution in [3.63, 3.8) is 0 Å². The summed E-state index contributed by atoms with van der Waals surface area (Å²) < 4.78 is 46.3. The highest BCUT2D eigenvalue weighted by Gasteiger charge is 2.44. The first-order valence-corrected chi connectivity index (χ1v) is 8.96. The zero-order valence-corrected chi connectivity index (χ0v) is 15.9. The fourth-order valence-corrected chi connectivity index (χ4v) is 4.04. The van der Waals surface area contributed by atoms with Crippen molar-refractivity contribution < 1.29 is 24.7 Å². The molecule has 1 N–H and O–H groups in total. The molecule has 2 unspecified atom stereocenters. The molecular formula is C15H29BFN2O4P. The molecule has 1 aliphatic heterocycles. The Hall–Kier alpha value is -0.285. The van der Waals surface area contributed by atoms with E-state index in [1.54, 1.807) is 0 Å². The second-order valence-electron chi connectivity index (χ2n) is 5.70. The Morgan fingerprint density at radius 2 is 2.12 bits per heavy atom. The molecule has 9 heteroatoms. The minimum Gasteiger partial charge on any atom is -0.400 e. The van der Waals surface area contributed by atoms with Crippen molar-refractivity contribution in [2.75, 3.05) is 13.7 Å². The molecule has 1 rings (SSSR count). The molecule has 0 aromatic carbocycles. The summed E-state index contributed by atoms with van der Waals surface area (Å²) >= 11 is 0. The van der Waals surface area contributed by atoms with Crippen LogP contribution >= 0.6 is 8.53 Å². The molecule has 0 amide bonds. The van der Waals surface area contributed by atoms with Gasteiger partial charge in [-0.3, -0.25) is 0 Å². The summed E-state index contributed by atoms with van der Waals surface area (Å²) in [4.78, 5) is 0. The number of nitriles is 1. The lowest BCUT2D eigenvalue weighted by Crippen LogP contribution is -2.37. The van der Waals surface area contributed by atoms with E-state index in [0.717, 1.165) is 0 Å². The lowest BCUT2D eigenvalue weighted by molar-refractivity contribution is 0.0433. The number of aliphatic hydroxyl groups is 1. The van der Waals surface area contributed by atoms with Crippen LogP contribution < -0.4 is 0 Å². The lowest BCUT2D eigenvalue weighted by atomic mass is 9.94. The summed E-state index contributed by atoms with van der Waals surface area (Å²) in [5.41, 5.74) is 0. The number of rotatable bonds is 8. The van der Waals surface area contributed by atoms with Crippen molar-refractivity contribution in [3.05, 3.63) is 0 Å². The van der Waals surface area contributed by atoms with Crippen molar-refractivity contribution in [3.8, 4) is 6.07 Å². The zero-order valence-electron chi connectivity index (χ0n) is 17.0. The third-order valence-electron chi connectivity index (χ3n) is 3.20. The Morgan fingerprint density at radius 1 is 1.54 bits per heavy atom. The van der Waals surface area contributed by atoms with Gasteiger partial charge in [0.1, 0.15) is 20.1 Å². The Morgan fingerprint density at radius 3 is 2.58 bits per heavy atom. The van der Waals surface area contributed by atoms with Crippen molar-refractivity contribution in [1.82, 2.24) is 4.67 Å². The van der Waals surface area contributed by atoms with E-state index in [1.165, 1.54) is 7.11 Å². The van der Waals surface area contributed by atoms with Crippen molar-refractivity contribution in [2.45, 2.75) is 77.5 Å². The van der Waals surface area contributed by atoms with E-state index in [1.807, 2.05) is 38.4 Å². The Balaban J connectivity index is 0.00000194. The van der Waals surface area contributed by atoms with Gasteiger partial charge in [-0.2, -0.15) is 5.26 Å². The fourth-order valence-electron chi connectivity index (χ4n) is 2.27. The summed E-state index contributed by atoms with van der Waals surface area (Å²) in [5.74, 6) is 0. The van der Waals surface area contributed by atoms with E-state index in [9.17, 15) is 4.39 Å². The van der Waals surface area contributed by atoms with E-state index < -0.39 is 32.9 Å². The third-order valence-corrected chi connectivity index (χ3v) is 5.33. The Bertz CT molecular complexity index is 416. The zero-order chi connectivity index (χ0) is 20.3. The van der Waals surface area contributed by atoms with Gasteiger partial charge < -0.3 is 18.9 Å². The number of nitrogens with zero attached hydrogens (tertiary/aromatic N) is 2. The first-order valence-electron chi connectivity index (χ1n) is 8.95. The highest BCUT2D eigenvalue weighted by molar-refractivity contribution is 7.44. The van der Waals surface area contributed by atoms with Gasteiger partial charge in [0.05, 0.1) is 31.2 Å². The number of aliphatic hydroxyl groups excluding tert-OH is 1. The molecule has 6 nitrogen and oxygen atoms in total. The van der Waals surface area contributed by atoms with Gasteiger partial charge in [-0.15, -0.1) is 0 Å². The molecule has 0 bridgehead atoms. The van der Waals surface area contributed by atoms with E-state index in [2.05, 4.69) is 5.11 Å². The summed E-state index contributed by atoms with van der Waals surface area (Å²) in [6, 6.07) is 1.16. The second kappa shape index (κ2) is 12.1. The van der Waals surface area contributed by atoms with Crippen LogP contribution in [-0.4, -0.2) is 69.2 Å². The Labute approximate surface area is 150 Å². The first kappa shape index (κ1) is 20.0. The largest absolute Gasteiger partial charge is 0.400 e. The van der Waals surface area contributed by atoms with E-state index in [0.29, 0.717) is 0 Å². The molecule has 138 valence electrons. The predicted molar refractivity (Wildman–Crippen MR) is 93.2 cm³/mol. The Kier molecular flexibility index (Phi) is 10.1. The molecule has 0 aliphatic carbocycles. The van der Waals surface area contributed by atoms with Gasteiger partial charge in [0.15, 0.2) is 0 Å². The number of ether oxygens (including phenoxy) is 1. The standard InChI is InChI=1S/C14H25BFN2O3P.CH4O/c1-9(2)18(10(3)4)22(19-8-6-7-17)21-13-11(5)20-14(15)12(13)16;1-2/h9-14H,6,8H2,1-5H3;2H,1H3/t11-,12?,13+,14-,22?;/m1./s1/i5D;2T. The molecule has 0 aromatic heterocycles. The number of hydrogen-bond acceptors (Lipinski definition) is 6. The maximum Gasteiger partial charge on any atom is 0.259 e. The van der Waals surface area contributed by atoms with Crippen LogP contribution in [0.1, 0.15) is 42.4 Å². The van der Waals surface area contributed by atoms with Crippen LogP contribution in [-0.2, 0) is 13.8 Å². The summed E-state index contributed by atoms with van der Waals surface area (Å²) in [6.07, 6.45) is -2.93. The quantitative estimate of drug-likeness (QED) is 0.405. The van der Waals surface area contributed by atoms with Crippen LogP contribution in [0.5, 0.6) is 0 Å². The van der Waals surface area contributed by atoms with Crippen molar-refractivity contribution in [1.29, 1.82) is 6.69 Å². The normalized spacial score (nSPS) is 29.0.